The molecule has 0 aliphatic carbocycles. The second-order valence-electron chi connectivity index (χ2n) is 17.0. The standard InChI is InChI=1S/C29H23N2O.C20H28NSi.Ir/c1-29(2,3)22-14-5-7-16-24(22)31-25-17-8-6-15-23(25)30-28(31)21-13-10-12-20-19-11-4-9-18-26(19)32-27(20)21;1-15-8-10-16(11-9-15)18-12-17(13-20(2,3)4)19(14-21-18)22(5,6)7;/h4-12,14-18H,1-3H3;8-10,12,14H,13H2,1-7H3;/q2*-1;/i;1D3,13D2;. The average Bonchev–Trinajstić information content (AvgIpc) is 3.75. The Labute approximate surface area is 348 Å². The fourth-order valence-electron chi connectivity index (χ4n) is 6.89. The molecule has 0 aliphatic heterocycles. The van der Waals surface area contributed by atoms with Crippen LogP contribution in [0.4, 0.5) is 0 Å². The van der Waals surface area contributed by atoms with E-state index in [1.165, 1.54) is 11.6 Å². The van der Waals surface area contributed by atoms with Crippen LogP contribution < -0.4 is 5.19 Å². The molecule has 8 rings (SSSR count). The molecule has 0 atom stereocenters. The van der Waals surface area contributed by atoms with Gasteiger partial charge < -0.3 is 14.0 Å². The van der Waals surface area contributed by atoms with E-state index in [0.717, 1.165) is 55.2 Å². The molecule has 1 radical (unpaired) electrons. The van der Waals surface area contributed by atoms with E-state index in [1.807, 2.05) is 57.2 Å². The molecule has 0 spiro atoms. The molecule has 283 valence electrons. The maximum absolute atomic E-state index is 8.79. The molecule has 55 heavy (non-hydrogen) atoms. The summed E-state index contributed by atoms with van der Waals surface area (Å²) in [6, 6.07) is 42.1. The minimum Gasteiger partial charge on any atom is -0.501 e. The molecule has 3 heterocycles. The third-order valence-electron chi connectivity index (χ3n) is 9.39. The molecule has 6 heteroatoms. The monoisotopic (exact) mass is 923 g/mol. The van der Waals surface area contributed by atoms with E-state index in [2.05, 4.69) is 117 Å². The van der Waals surface area contributed by atoms with E-state index in [-0.39, 0.29) is 31.1 Å². The van der Waals surface area contributed by atoms with Crippen molar-refractivity contribution < 1.29 is 31.4 Å². The number of pyridine rings is 1. The predicted octanol–water partition coefficient (Wildman–Crippen LogP) is 12.7. The van der Waals surface area contributed by atoms with Crippen molar-refractivity contribution in [2.24, 2.45) is 5.41 Å². The van der Waals surface area contributed by atoms with Gasteiger partial charge in [-0.15, -0.1) is 53.6 Å². The number of furan rings is 1. The van der Waals surface area contributed by atoms with Gasteiger partial charge in [0.15, 0.2) is 0 Å². The first-order valence-electron chi connectivity index (χ1n) is 21.0. The van der Waals surface area contributed by atoms with Gasteiger partial charge in [-0.3, -0.25) is 4.98 Å². The Bertz CT molecular complexity index is 2800. The first-order valence-corrected chi connectivity index (χ1v) is 22.0. The smallest absolute Gasteiger partial charge is 0.120 e. The summed E-state index contributed by atoms with van der Waals surface area (Å²) in [5.41, 5.74) is 8.57. The predicted molar refractivity (Wildman–Crippen MR) is 231 cm³/mol. The number of aryl methyl sites for hydroxylation is 1. The summed E-state index contributed by atoms with van der Waals surface area (Å²) in [5.74, 6) is 0.840. The second-order valence-corrected chi connectivity index (χ2v) is 22.0. The molecule has 4 nitrogen and oxygen atoms in total. The quantitative estimate of drug-likeness (QED) is 0.128. The molecule has 5 aromatic carbocycles. The van der Waals surface area contributed by atoms with Crippen LogP contribution in [0.1, 0.15) is 65.1 Å². The molecular weight excluding hydrogens is 867 g/mol. The molecule has 0 unspecified atom stereocenters. The molecule has 0 bridgehead atoms. The van der Waals surface area contributed by atoms with E-state index in [1.54, 1.807) is 18.3 Å². The normalized spacial score (nSPS) is 13.9. The molecule has 0 amide bonds. The van der Waals surface area contributed by atoms with Gasteiger partial charge in [0, 0.05) is 44.2 Å². The van der Waals surface area contributed by atoms with Crippen LogP contribution in [-0.4, -0.2) is 22.6 Å². The molecule has 0 saturated carbocycles. The first-order chi connectivity index (χ1) is 27.6. The molecule has 8 aromatic rings. The van der Waals surface area contributed by atoms with E-state index < -0.39 is 26.7 Å². The zero-order chi connectivity index (χ0) is 42.7. The number of nitrogens with zero attached hydrogens (tertiary/aromatic N) is 3. The summed E-state index contributed by atoms with van der Waals surface area (Å²) in [5, 5.41) is 3.19. The van der Waals surface area contributed by atoms with Gasteiger partial charge in [0.1, 0.15) is 5.58 Å². The number of hydrogen-bond acceptors (Lipinski definition) is 3. The first kappa shape index (κ1) is 33.7. The number of benzene rings is 5. The molecular formula is C49H51IrN3OSi-2. The number of rotatable bonds is 5. The number of hydrogen-bond donors (Lipinski definition) is 0. The van der Waals surface area contributed by atoms with E-state index in [0.29, 0.717) is 16.8 Å². The van der Waals surface area contributed by atoms with Gasteiger partial charge in [-0.1, -0.05) is 139 Å². The minimum atomic E-state index is -2.17. The van der Waals surface area contributed by atoms with Gasteiger partial charge in [0.25, 0.3) is 0 Å². The van der Waals surface area contributed by atoms with Crippen molar-refractivity contribution in [1.82, 2.24) is 14.5 Å². The van der Waals surface area contributed by atoms with Crippen LogP contribution in [0.2, 0.25) is 19.6 Å². The Morgan fingerprint density at radius 1 is 0.836 bits per heavy atom. The van der Waals surface area contributed by atoms with Gasteiger partial charge in [0.2, 0.25) is 0 Å². The van der Waals surface area contributed by atoms with Gasteiger partial charge in [-0.2, -0.15) is 0 Å². The molecule has 3 aromatic heterocycles. The van der Waals surface area contributed by atoms with Crippen LogP contribution in [0.5, 0.6) is 0 Å². The second kappa shape index (κ2) is 15.5. The largest absolute Gasteiger partial charge is 0.501 e. The summed E-state index contributed by atoms with van der Waals surface area (Å²) in [6.45, 7) is 16.8. The van der Waals surface area contributed by atoms with Gasteiger partial charge in [-0.05, 0) is 57.9 Å². The summed E-state index contributed by atoms with van der Waals surface area (Å²) in [7, 11) is -1.81. The van der Waals surface area contributed by atoms with E-state index in [9.17, 15) is 0 Å². The Kier molecular flexibility index (Phi) is 9.49. The fourth-order valence-corrected chi connectivity index (χ4v) is 8.28. The van der Waals surface area contributed by atoms with Gasteiger partial charge in [0.05, 0.1) is 30.5 Å². The van der Waals surface area contributed by atoms with Crippen molar-refractivity contribution in [3.05, 3.63) is 144 Å². The minimum absolute atomic E-state index is 0. The summed E-state index contributed by atoms with van der Waals surface area (Å²) >= 11 is 0. The average molecular weight is 923 g/mol. The van der Waals surface area contributed by atoms with Crippen molar-refractivity contribution >= 4 is 46.2 Å². The molecule has 0 fully saturated rings. The van der Waals surface area contributed by atoms with Crippen LogP contribution in [0, 0.1) is 24.4 Å². The van der Waals surface area contributed by atoms with Crippen molar-refractivity contribution in [3.8, 4) is 28.3 Å². The van der Waals surface area contributed by atoms with Crippen LogP contribution in [0.3, 0.4) is 0 Å². The van der Waals surface area contributed by atoms with E-state index >= 15 is 0 Å². The Morgan fingerprint density at radius 2 is 1.56 bits per heavy atom. The summed E-state index contributed by atoms with van der Waals surface area (Å²) in [6.07, 6.45) is 0.269. The Morgan fingerprint density at radius 3 is 2.27 bits per heavy atom. The zero-order valence-electron chi connectivity index (χ0n) is 38.1. The molecule has 0 aliphatic rings. The van der Waals surface area contributed by atoms with Crippen molar-refractivity contribution in [2.75, 3.05) is 0 Å². The summed E-state index contributed by atoms with van der Waals surface area (Å²) in [4.78, 5) is 9.63. The third-order valence-corrected chi connectivity index (χ3v) is 11.4. The maximum Gasteiger partial charge on any atom is 0.120 e. The van der Waals surface area contributed by atoms with Crippen LogP contribution in [0.15, 0.2) is 120 Å². The van der Waals surface area contributed by atoms with Crippen molar-refractivity contribution in [3.63, 3.8) is 0 Å². The van der Waals surface area contributed by atoms with Crippen LogP contribution in [0.25, 0.3) is 61.3 Å². The van der Waals surface area contributed by atoms with Crippen LogP contribution in [-0.2, 0) is 31.9 Å². The molecule has 0 N–H and O–H groups in total. The topological polar surface area (TPSA) is 43.9 Å². The van der Waals surface area contributed by atoms with Gasteiger partial charge >= 0.3 is 0 Å². The van der Waals surface area contributed by atoms with Crippen molar-refractivity contribution in [1.29, 1.82) is 0 Å². The van der Waals surface area contributed by atoms with Crippen LogP contribution >= 0.6 is 0 Å². The van der Waals surface area contributed by atoms with Gasteiger partial charge in [-0.25, -0.2) is 0 Å². The number of aromatic nitrogens is 3. The maximum atomic E-state index is 8.79. The van der Waals surface area contributed by atoms with Crippen molar-refractivity contribution in [2.45, 2.75) is 79.8 Å². The zero-order valence-corrected chi connectivity index (χ0v) is 36.4. The summed E-state index contributed by atoms with van der Waals surface area (Å²) < 4.78 is 48.6. The van der Waals surface area contributed by atoms with E-state index in [4.69, 9.17) is 16.3 Å². The third kappa shape index (κ3) is 8.48. The number of fused-ring (bicyclic) bond motifs is 4. The number of imidazole rings is 1. The SMILES string of the molecule is CC(C)(C)c1ccccc1-n1c(-c2[c-]ccc3c2oc2ccccc23)nc2ccccc21.[2H]C([2H])([2H])c1c[c-]c(-c2cc(C([2H])([2H])C(C)(C)C)c([Si](C)(C)C)cn2)cc1.[Ir]. The number of para-hydroxylation sites is 4. The Balaban J connectivity index is 0.000000201. The Hall–Kier alpha value is -4.61. The fraction of sp³-hybridized carbons (Fsp3) is 0.265. The molecule has 0 saturated heterocycles.